The van der Waals surface area contributed by atoms with Gasteiger partial charge in [0.1, 0.15) is 5.82 Å². The number of rotatable bonds is 5. The van der Waals surface area contributed by atoms with Gasteiger partial charge in [-0.15, -0.1) is 11.3 Å². The fraction of sp³-hybridized carbons (Fsp3) is 0.222. The van der Waals surface area contributed by atoms with E-state index in [1.54, 1.807) is 17.5 Å². The summed E-state index contributed by atoms with van der Waals surface area (Å²) in [6, 6.07) is 12.0. The number of carbonyl (C=O) groups is 1. The first-order valence-corrected chi connectivity index (χ1v) is 8.40. The molecule has 0 aliphatic heterocycles. The summed E-state index contributed by atoms with van der Waals surface area (Å²) in [5, 5.41) is 9.28. The highest BCUT2D eigenvalue weighted by atomic mass is 32.1. The number of aromatic nitrogens is 2. The predicted molar refractivity (Wildman–Crippen MR) is 93.9 cm³/mol. The van der Waals surface area contributed by atoms with Crippen LogP contribution in [0, 0.1) is 13.8 Å². The molecule has 0 fully saturated rings. The van der Waals surface area contributed by atoms with Crippen molar-refractivity contribution < 1.29 is 4.79 Å². The summed E-state index contributed by atoms with van der Waals surface area (Å²) in [7, 11) is 0. The molecule has 0 saturated carbocycles. The quantitative estimate of drug-likeness (QED) is 0.776. The molecule has 5 heteroatoms. The minimum atomic E-state index is -0.0267. The second-order valence-corrected chi connectivity index (χ2v) is 6.63. The van der Waals surface area contributed by atoms with Crippen molar-refractivity contribution in [2.45, 2.75) is 26.8 Å². The molecule has 1 aromatic carbocycles. The first-order chi connectivity index (χ1) is 11.1. The molecule has 2 heterocycles. The van der Waals surface area contributed by atoms with Crippen LogP contribution in [-0.4, -0.2) is 15.7 Å². The fourth-order valence-corrected chi connectivity index (χ4v) is 3.09. The largest absolute Gasteiger partial charge is 0.311 e. The zero-order valence-electron chi connectivity index (χ0n) is 13.2. The van der Waals surface area contributed by atoms with Crippen molar-refractivity contribution in [3.05, 3.63) is 69.5 Å². The first-order valence-electron chi connectivity index (χ1n) is 7.52. The molecule has 4 nitrogen and oxygen atoms in total. The van der Waals surface area contributed by atoms with E-state index in [0.717, 1.165) is 11.4 Å². The Morgan fingerprint density at radius 2 is 2.09 bits per heavy atom. The molecule has 0 aliphatic carbocycles. The molecule has 23 heavy (non-hydrogen) atoms. The number of anilines is 1. The Kier molecular flexibility index (Phi) is 4.57. The van der Waals surface area contributed by atoms with Gasteiger partial charge in [-0.1, -0.05) is 24.3 Å². The number of amides is 1. The third-order valence-electron chi connectivity index (χ3n) is 3.81. The number of hydrogen-bond acceptors (Lipinski definition) is 3. The summed E-state index contributed by atoms with van der Waals surface area (Å²) in [4.78, 5) is 13.5. The van der Waals surface area contributed by atoms with Gasteiger partial charge in [-0.25, -0.2) is 4.68 Å². The normalized spacial score (nSPS) is 10.7. The molecule has 0 atom stereocenters. The second-order valence-electron chi connectivity index (χ2n) is 5.60. The fourth-order valence-electron chi connectivity index (χ4n) is 2.40. The van der Waals surface area contributed by atoms with Gasteiger partial charge in [-0.2, -0.15) is 5.10 Å². The van der Waals surface area contributed by atoms with Crippen LogP contribution in [0.3, 0.4) is 0 Å². The van der Waals surface area contributed by atoms with Crippen molar-refractivity contribution in [3.8, 4) is 0 Å². The van der Waals surface area contributed by atoms with Crippen molar-refractivity contribution in [1.82, 2.24) is 9.78 Å². The van der Waals surface area contributed by atoms with E-state index < -0.39 is 0 Å². The van der Waals surface area contributed by atoms with Crippen molar-refractivity contribution in [2.75, 3.05) is 5.32 Å². The number of thiophene rings is 1. The maximum absolute atomic E-state index is 12.3. The standard InChI is InChI=1S/C18H19N3OS/c1-13-5-6-15(10-14(13)2)11-18(22)20-17-7-8-19-21(17)12-16-4-3-9-23-16/h3-10H,11-12H2,1-2H3,(H,20,22). The van der Waals surface area contributed by atoms with Crippen molar-refractivity contribution >= 4 is 23.1 Å². The Bertz CT molecular complexity index is 806. The summed E-state index contributed by atoms with van der Waals surface area (Å²) in [5.41, 5.74) is 3.47. The van der Waals surface area contributed by atoms with Gasteiger partial charge in [0.05, 0.1) is 19.2 Å². The molecule has 1 amide bonds. The molecule has 0 bridgehead atoms. The molecule has 3 aromatic rings. The zero-order chi connectivity index (χ0) is 16.2. The van der Waals surface area contributed by atoms with Crippen molar-refractivity contribution in [2.24, 2.45) is 0 Å². The first kappa shape index (κ1) is 15.5. The molecule has 0 aliphatic rings. The van der Waals surface area contributed by atoms with E-state index in [4.69, 9.17) is 0 Å². The number of benzene rings is 1. The van der Waals surface area contributed by atoms with Gasteiger partial charge in [0.15, 0.2) is 0 Å². The molecule has 0 saturated heterocycles. The van der Waals surface area contributed by atoms with Crippen LogP contribution >= 0.6 is 11.3 Å². The number of nitrogens with one attached hydrogen (secondary N) is 1. The van der Waals surface area contributed by atoms with Crippen LogP contribution in [0.25, 0.3) is 0 Å². The Hall–Kier alpha value is -2.40. The molecule has 0 spiro atoms. The van der Waals surface area contributed by atoms with Gasteiger partial charge in [0.2, 0.25) is 5.91 Å². The second kappa shape index (κ2) is 6.79. The van der Waals surface area contributed by atoms with E-state index in [2.05, 4.69) is 42.5 Å². The summed E-state index contributed by atoms with van der Waals surface area (Å²) >= 11 is 1.68. The lowest BCUT2D eigenvalue weighted by atomic mass is 10.0. The Balaban J connectivity index is 1.66. The molecule has 118 valence electrons. The van der Waals surface area contributed by atoms with Crippen molar-refractivity contribution in [1.29, 1.82) is 0 Å². The Morgan fingerprint density at radius 1 is 1.22 bits per heavy atom. The molecule has 3 rings (SSSR count). The zero-order valence-corrected chi connectivity index (χ0v) is 14.1. The van der Waals surface area contributed by atoms with E-state index in [1.807, 2.05) is 28.3 Å². The molecular formula is C18H19N3OS. The van der Waals surface area contributed by atoms with Gasteiger partial charge in [0.25, 0.3) is 0 Å². The smallest absolute Gasteiger partial charge is 0.229 e. The van der Waals surface area contributed by atoms with Gasteiger partial charge >= 0.3 is 0 Å². The van der Waals surface area contributed by atoms with Crippen LogP contribution in [0.15, 0.2) is 48.0 Å². The average Bonchev–Trinajstić information content (AvgIpc) is 3.16. The molecule has 2 aromatic heterocycles. The van der Waals surface area contributed by atoms with Gasteiger partial charge in [-0.3, -0.25) is 4.79 Å². The molecule has 0 unspecified atom stereocenters. The van der Waals surface area contributed by atoms with Crippen LogP contribution < -0.4 is 5.32 Å². The van der Waals surface area contributed by atoms with E-state index >= 15 is 0 Å². The van der Waals surface area contributed by atoms with Crippen LogP contribution in [0.1, 0.15) is 21.6 Å². The van der Waals surface area contributed by atoms with Gasteiger partial charge in [0, 0.05) is 10.9 Å². The highest BCUT2D eigenvalue weighted by Crippen LogP contribution is 2.15. The number of carbonyl (C=O) groups excluding carboxylic acids is 1. The minimum Gasteiger partial charge on any atom is -0.311 e. The lowest BCUT2D eigenvalue weighted by molar-refractivity contribution is -0.115. The lowest BCUT2D eigenvalue weighted by Crippen LogP contribution is -2.18. The van der Waals surface area contributed by atoms with E-state index in [0.29, 0.717) is 13.0 Å². The molecule has 1 N–H and O–H groups in total. The van der Waals surface area contributed by atoms with Crippen LogP contribution in [0.4, 0.5) is 5.82 Å². The van der Waals surface area contributed by atoms with Gasteiger partial charge in [-0.05, 0) is 42.0 Å². The van der Waals surface area contributed by atoms with E-state index in [9.17, 15) is 4.79 Å². The lowest BCUT2D eigenvalue weighted by Gasteiger charge is -2.09. The van der Waals surface area contributed by atoms with Gasteiger partial charge < -0.3 is 5.32 Å². The minimum absolute atomic E-state index is 0.0267. The third-order valence-corrected chi connectivity index (χ3v) is 4.67. The van der Waals surface area contributed by atoms with Crippen molar-refractivity contribution in [3.63, 3.8) is 0 Å². The number of nitrogens with zero attached hydrogens (tertiary/aromatic N) is 2. The van der Waals surface area contributed by atoms with Crippen LogP contribution in [0.5, 0.6) is 0 Å². The Labute approximate surface area is 139 Å². The molecule has 0 radical (unpaired) electrons. The summed E-state index contributed by atoms with van der Waals surface area (Å²) in [5.74, 6) is 0.702. The third kappa shape index (κ3) is 3.87. The predicted octanol–water partition coefficient (Wildman–Crippen LogP) is 3.79. The van der Waals surface area contributed by atoms with Crippen LogP contribution in [-0.2, 0) is 17.8 Å². The monoisotopic (exact) mass is 325 g/mol. The maximum atomic E-state index is 12.3. The summed E-state index contributed by atoms with van der Waals surface area (Å²) in [6.07, 6.45) is 2.07. The number of aryl methyl sites for hydroxylation is 2. The highest BCUT2D eigenvalue weighted by Gasteiger charge is 2.09. The number of hydrogen-bond donors (Lipinski definition) is 1. The Morgan fingerprint density at radius 3 is 2.83 bits per heavy atom. The average molecular weight is 325 g/mol. The molecular weight excluding hydrogens is 306 g/mol. The topological polar surface area (TPSA) is 46.9 Å². The SMILES string of the molecule is Cc1ccc(CC(=O)Nc2ccnn2Cc2cccs2)cc1C. The van der Waals surface area contributed by atoms with E-state index in [-0.39, 0.29) is 5.91 Å². The van der Waals surface area contributed by atoms with Crippen LogP contribution in [0.2, 0.25) is 0 Å². The summed E-state index contributed by atoms with van der Waals surface area (Å²) < 4.78 is 1.81. The summed E-state index contributed by atoms with van der Waals surface area (Å²) in [6.45, 7) is 4.80. The van der Waals surface area contributed by atoms with E-state index in [1.165, 1.54) is 16.0 Å². The highest BCUT2D eigenvalue weighted by molar-refractivity contribution is 7.09. The maximum Gasteiger partial charge on any atom is 0.229 e.